The van der Waals surface area contributed by atoms with Crippen molar-refractivity contribution in [2.75, 3.05) is 26.4 Å². The second-order valence-electron chi connectivity index (χ2n) is 9.10. The van der Waals surface area contributed by atoms with Gasteiger partial charge >= 0.3 is 0 Å². The Morgan fingerprint density at radius 3 is 2.74 bits per heavy atom. The molecular formula is C23H35NO3. The summed E-state index contributed by atoms with van der Waals surface area (Å²) in [5.74, 6) is 1.30. The minimum Gasteiger partial charge on any atom is -0.394 e. The molecule has 3 aliphatic rings. The van der Waals surface area contributed by atoms with E-state index in [1.807, 2.05) is 0 Å². The molecule has 1 aromatic carbocycles. The van der Waals surface area contributed by atoms with Crippen molar-refractivity contribution < 1.29 is 14.6 Å². The summed E-state index contributed by atoms with van der Waals surface area (Å²) < 4.78 is 11.8. The highest BCUT2D eigenvalue weighted by molar-refractivity contribution is 5.36. The summed E-state index contributed by atoms with van der Waals surface area (Å²) >= 11 is 0. The number of rotatable bonds is 8. The lowest BCUT2D eigenvalue weighted by Crippen LogP contribution is -2.40. The lowest BCUT2D eigenvalue weighted by Gasteiger charge is -2.27. The molecule has 0 aliphatic heterocycles. The van der Waals surface area contributed by atoms with E-state index in [0.29, 0.717) is 18.6 Å². The van der Waals surface area contributed by atoms with Crippen LogP contribution in [-0.2, 0) is 22.3 Å². The van der Waals surface area contributed by atoms with Gasteiger partial charge in [-0.2, -0.15) is 0 Å². The van der Waals surface area contributed by atoms with Crippen molar-refractivity contribution >= 4 is 0 Å². The normalized spacial score (nSPS) is 30.9. The number of hydrogen-bond acceptors (Lipinski definition) is 4. The molecule has 0 spiro atoms. The highest BCUT2D eigenvalue weighted by Crippen LogP contribution is 2.40. The third-order valence-corrected chi connectivity index (χ3v) is 7.00. The van der Waals surface area contributed by atoms with Crippen LogP contribution in [0.25, 0.3) is 0 Å². The highest BCUT2D eigenvalue weighted by Gasteiger charge is 2.36. The zero-order valence-corrected chi connectivity index (χ0v) is 16.5. The topological polar surface area (TPSA) is 64.7 Å². The van der Waals surface area contributed by atoms with Crippen molar-refractivity contribution in [3.63, 3.8) is 0 Å². The van der Waals surface area contributed by atoms with E-state index in [4.69, 9.17) is 15.2 Å². The van der Waals surface area contributed by atoms with Gasteiger partial charge in [0, 0.05) is 12.1 Å². The standard InChI is InChI=1S/C23H35NO3/c24-23(16-25)9-8-21(14-23)19-4-5-20-13-22(7-6-18(20)12-19)27-11-10-26-15-17-2-1-3-17/h4-5,12,17,21-22,25H,1-3,6-11,13-16,24H2/t21-,22+,23+/m0/s1. The van der Waals surface area contributed by atoms with Crippen molar-refractivity contribution in [1.82, 2.24) is 0 Å². The van der Waals surface area contributed by atoms with Crippen molar-refractivity contribution in [2.45, 2.75) is 75.3 Å². The van der Waals surface area contributed by atoms with Gasteiger partial charge in [0.1, 0.15) is 0 Å². The van der Waals surface area contributed by atoms with Crippen LogP contribution >= 0.6 is 0 Å². The van der Waals surface area contributed by atoms with Gasteiger partial charge in [-0.1, -0.05) is 24.6 Å². The molecule has 4 rings (SSSR count). The molecule has 0 amide bonds. The third kappa shape index (κ3) is 4.73. The van der Waals surface area contributed by atoms with E-state index in [9.17, 15) is 5.11 Å². The second-order valence-corrected chi connectivity index (χ2v) is 9.10. The van der Waals surface area contributed by atoms with E-state index >= 15 is 0 Å². The summed E-state index contributed by atoms with van der Waals surface area (Å²) in [5.41, 5.74) is 10.2. The number of fused-ring (bicyclic) bond motifs is 1. The van der Waals surface area contributed by atoms with Gasteiger partial charge in [-0.05, 0) is 79.9 Å². The van der Waals surface area contributed by atoms with Gasteiger partial charge in [0.25, 0.3) is 0 Å². The molecule has 2 fully saturated rings. The minimum atomic E-state index is -0.375. The van der Waals surface area contributed by atoms with Crippen LogP contribution in [0.5, 0.6) is 0 Å². The summed E-state index contributed by atoms with van der Waals surface area (Å²) in [5, 5.41) is 9.51. The molecule has 3 aliphatic carbocycles. The molecule has 1 aromatic rings. The van der Waals surface area contributed by atoms with E-state index in [-0.39, 0.29) is 12.1 Å². The van der Waals surface area contributed by atoms with Crippen molar-refractivity contribution in [1.29, 1.82) is 0 Å². The van der Waals surface area contributed by atoms with Gasteiger partial charge < -0.3 is 20.3 Å². The lowest BCUT2D eigenvalue weighted by molar-refractivity contribution is -0.0139. The number of aliphatic hydroxyl groups excluding tert-OH is 1. The van der Waals surface area contributed by atoms with Crippen LogP contribution in [-0.4, -0.2) is 43.2 Å². The number of aliphatic hydroxyl groups is 1. The van der Waals surface area contributed by atoms with Gasteiger partial charge in [0.15, 0.2) is 0 Å². The Bertz CT molecular complexity index is 630. The fraction of sp³-hybridized carbons (Fsp3) is 0.739. The summed E-state index contributed by atoms with van der Waals surface area (Å²) in [6, 6.07) is 6.96. The zero-order chi connectivity index (χ0) is 18.7. The van der Waals surface area contributed by atoms with E-state index in [0.717, 1.165) is 57.7 Å². The van der Waals surface area contributed by atoms with Crippen LogP contribution in [0.1, 0.15) is 67.6 Å². The Morgan fingerprint density at radius 2 is 2.00 bits per heavy atom. The second kappa shape index (κ2) is 8.60. The van der Waals surface area contributed by atoms with Crippen LogP contribution < -0.4 is 5.73 Å². The van der Waals surface area contributed by atoms with E-state index in [1.54, 1.807) is 0 Å². The molecular weight excluding hydrogens is 338 g/mol. The maximum atomic E-state index is 9.51. The SMILES string of the molecule is N[C@]1(CO)CC[C@H](c2ccc3c(c2)CC[C@@H](OCCOCC2CCC2)C3)C1. The Kier molecular flexibility index (Phi) is 6.18. The van der Waals surface area contributed by atoms with E-state index in [2.05, 4.69) is 18.2 Å². The first-order valence-electron chi connectivity index (χ1n) is 10.9. The number of ether oxygens (including phenoxy) is 2. The smallest absolute Gasteiger partial charge is 0.0704 e. The van der Waals surface area contributed by atoms with Crippen molar-refractivity contribution in [3.8, 4) is 0 Å². The molecule has 3 atom stereocenters. The largest absolute Gasteiger partial charge is 0.394 e. The fourth-order valence-corrected chi connectivity index (χ4v) is 4.91. The molecule has 0 radical (unpaired) electrons. The van der Waals surface area contributed by atoms with Crippen molar-refractivity contribution in [3.05, 3.63) is 34.9 Å². The van der Waals surface area contributed by atoms with Crippen molar-refractivity contribution in [2.24, 2.45) is 11.7 Å². The van der Waals surface area contributed by atoms with Crippen LogP contribution in [0.2, 0.25) is 0 Å². The number of benzene rings is 1. The number of aryl methyl sites for hydroxylation is 1. The van der Waals surface area contributed by atoms with Gasteiger partial charge in [-0.3, -0.25) is 0 Å². The molecule has 0 bridgehead atoms. The predicted octanol–water partition coefficient (Wildman–Crippen LogP) is 3.33. The Morgan fingerprint density at radius 1 is 1.11 bits per heavy atom. The number of hydrogen-bond donors (Lipinski definition) is 2. The first-order valence-corrected chi connectivity index (χ1v) is 10.9. The molecule has 3 N–H and O–H groups in total. The molecule has 0 aromatic heterocycles. The first-order chi connectivity index (χ1) is 13.1. The predicted molar refractivity (Wildman–Crippen MR) is 107 cm³/mol. The summed E-state index contributed by atoms with van der Waals surface area (Å²) in [7, 11) is 0. The summed E-state index contributed by atoms with van der Waals surface area (Å²) in [6.45, 7) is 2.46. The third-order valence-electron chi connectivity index (χ3n) is 7.00. The maximum absolute atomic E-state index is 9.51. The van der Waals surface area contributed by atoms with Gasteiger partial charge in [0.05, 0.1) is 25.9 Å². The molecule has 0 unspecified atom stereocenters. The average molecular weight is 374 g/mol. The molecule has 4 heteroatoms. The molecule has 2 saturated carbocycles. The molecule has 4 nitrogen and oxygen atoms in total. The van der Waals surface area contributed by atoms with Crippen LogP contribution in [0.3, 0.4) is 0 Å². The minimum absolute atomic E-state index is 0.0951. The van der Waals surface area contributed by atoms with Gasteiger partial charge in [0.2, 0.25) is 0 Å². The fourth-order valence-electron chi connectivity index (χ4n) is 4.91. The quantitative estimate of drug-likeness (QED) is 0.686. The number of nitrogens with two attached hydrogens (primary N) is 1. The Balaban J connectivity index is 1.24. The zero-order valence-electron chi connectivity index (χ0n) is 16.5. The summed E-state index contributed by atoms with van der Waals surface area (Å²) in [4.78, 5) is 0. The average Bonchev–Trinajstić information content (AvgIpc) is 3.05. The van der Waals surface area contributed by atoms with E-state index < -0.39 is 0 Å². The molecule has 27 heavy (non-hydrogen) atoms. The molecule has 150 valence electrons. The van der Waals surface area contributed by atoms with Gasteiger partial charge in [-0.25, -0.2) is 0 Å². The first kappa shape index (κ1) is 19.4. The van der Waals surface area contributed by atoms with Gasteiger partial charge in [-0.15, -0.1) is 0 Å². The Hall–Kier alpha value is -0.940. The van der Waals surface area contributed by atoms with Crippen LogP contribution in [0, 0.1) is 5.92 Å². The lowest BCUT2D eigenvalue weighted by atomic mass is 9.85. The van der Waals surface area contributed by atoms with E-state index in [1.165, 1.54) is 36.0 Å². The summed E-state index contributed by atoms with van der Waals surface area (Å²) in [6.07, 6.45) is 10.5. The molecule has 0 heterocycles. The monoisotopic (exact) mass is 373 g/mol. The van der Waals surface area contributed by atoms with Crippen LogP contribution in [0.15, 0.2) is 18.2 Å². The van der Waals surface area contributed by atoms with Crippen LogP contribution in [0.4, 0.5) is 0 Å². The maximum Gasteiger partial charge on any atom is 0.0704 e. The molecule has 0 saturated heterocycles. The Labute approximate surface area is 163 Å². The highest BCUT2D eigenvalue weighted by atomic mass is 16.5.